The third-order valence-corrected chi connectivity index (χ3v) is 11.6. The molecule has 0 unspecified atom stereocenters. The van der Waals surface area contributed by atoms with Crippen LogP contribution in [0.4, 0.5) is 11.4 Å². The van der Waals surface area contributed by atoms with Gasteiger partial charge < -0.3 is 33.7 Å². The molecule has 1 saturated heterocycles. The summed E-state index contributed by atoms with van der Waals surface area (Å²) in [4.78, 5) is 47.3. The van der Waals surface area contributed by atoms with E-state index in [1.807, 2.05) is 23.1 Å². The zero-order chi connectivity index (χ0) is 39.0. The summed E-state index contributed by atoms with van der Waals surface area (Å²) in [6, 6.07) is 26.4. The lowest BCUT2D eigenvalue weighted by Gasteiger charge is -2.40. The van der Waals surface area contributed by atoms with Crippen molar-refractivity contribution in [1.29, 1.82) is 0 Å². The van der Waals surface area contributed by atoms with Gasteiger partial charge in [-0.2, -0.15) is 0 Å². The van der Waals surface area contributed by atoms with Crippen LogP contribution in [0.2, 0.25) is 0 Å². The number of carbonyl (C=O) groups is 2. The van der Waals surface area contributed by atoms with Crippen LogP contribution < -0.4 is 14.4 Å². The van der Waals surface area contributed by atoms with Gasteiger partial charge in [0.15, 0.2) is 11.5 Å². The Hall–Kier alpha value is -6.18. The number of rotatable bonds is 9. The first-order valence-corrected chi connectivity index (χ1v) is 19.5. The number of aromatic hydroxyl groups is 1. The fraction of sp³-hybridized carbons (Fsp3) is 0.318. The topological polar surface area (TPSA) is 140 Å². The molecule has 2 amide bonds. The third-order valence-electron chi connectivity index (χ3n) is 11.6. The molecule has 0 bridgehead atoms. The van der Waals surface area contributed by atoms with Crippen LogP contribution in [0, 0.1) is 10.1 Å². The quantitative estimate of drug-likeness (QED) is 0.130. The molecule has 0 saturated carbocycles. The number of hydrogen-bond donors (Lipinski definition) is 1. The molecule has 1 N–H and O–H groups in total. The number of non-ortho nitro benzene ring substituents is 1. The van der Waals surface area contributed by atoms with Crippen LogP contribution in [-0.2, 0) is 37.2 Å². The fourth-order valence-corrected chi connectivity index (χ4v) is 8.65. The number of nitro groups is 1. The molecule has 0 aliphatic carbocycles. The van der Waals surface area contributed by atoms with Crippen LogP contribution in [0.3, 0.4) is 0 Å². The number of morpholine rings is 1. The Morgan fingerprint density at radius 1 is 0.860 bits per heavy atom. The van der Waals surface area contributed by atoms with Crippen LogP contribution in [0.15, 0.2) is 91.0 Å². The molecule has 292 valence electrons. The van der Waals surface area contributed by atoms with Gasteiger partial charge in [-0.3, -0.25) is 24.6 Å². The number of ether oxygens (including phenoxy) is 3. The predicted octanol–water partition coefficient (Wildman–Crippen LogP) is 6.58. The van der Waals surface area contributed by atoms with Gasteiger partial charge in [0.05, 0.1) is 35.8 Å². The Bertz CT molecular complexity index is 2350. The molecule has 4 aliphatic heterocycles. The van der Waals surface area contributed by atoms with E-state index in [0.29, 0.717) is 72.2 Å². The molecule has 5 heterocycles. The number of aromatic nitrogens is 1. The number of phenols is 1. The zero-order valence-electron chi connectivity index (χ0n) is 31.5. The number of benzene rings is 4. The number of carbonyl (C=O) groups excluding carboxylic acids is 2. The second-order valence-electron chi connectivity index (χ2n) is 15.1. The summed E-state index contributed by atoms with van der Waals surface area (Å²) >= 11 is 0. The Morgan fingerprint density at radius 2 is 1.63 bits per heavy atom. The van der Waals surface area contributed by atoms with Gasteiger partial charge >= 0.3 is 0 Å². The Kier molecular flexibility index (Phi) is 9.85. The molecule has 0 radical (unpaired) electrons. The van der Waals surface area contributed by atoms with E-state index in [-0.39, 0.29) is 42.6 Å². The van der Waals surface area contributed by atoms with Gasteiger partial charge in [-0.1, -0.05) is 36.4 Å². The first-order chi connectivity index (χ1) is 27.8. The van der Waals surface area contributed by atoms with Crippen molar-refractivity contribution < 1.29 is 33.8 Å². The van der Waals surface area contributed by atoms with Gasteiger partial charge in [0.1, 0.15) is 5.75 Å². The molecule has 13 heteroatoms. The van der Waals surface area contributed by atoms with Crippen LogP contribution in [0.25, 0.3) is 11.3 Å². The molecule has 13 nitrogen and oxygen atoms in total. The maximum Gasteiger partial charge on any atom is 0.269 e. The maximum atomic E-state index is 15.2. The summed E-state index contributed by atoms with van der Waals surface area (Å²) in [5.74, 6) is 0.671. The largest absolute Gasteiger partial charge is 0.508 e. The molecule has 9 rings (SSSR count). The summed E-state index contributed by atoms with van der Waals surface area (Å²) in [5.41, 5.74) is 6.61. The lowest BCUT2D eigenvalue weighted by Crippen LogP contribution is -2.52. The Labute approximate surface area is 329 Å². The van der Waals surface area contributed by atoms with Crippen LogP contribution in [-0.4, -0.2) is 81.9 Å². The Balaban J connectivity index is 1.13. The first kappa shape index (κ1) is 36.5. The second-order valence-corrected chi connectivity index (χ2v) is 15.1. The van der Waals surface area contributed by atoms with Crippen molar-refractivity contribution in [2.24, 2.45) is 0 Å². The smallest absolute Gasteiger partial charge is 0.269 e. The Morgan fingerprint density at radius 3 is 2.42 bits per heavy atom. The monoisotopic (exact) mass is 769 g/mol. The second kappa shape index (κ2) is 15.4. The SMILES string of the molecule is O=C(c1cc(-c2cc3c(cc2C(=O)N2Cc4ccccc4C[C@H]2CN2CCOCC2)OCO3)n2c1CCCC2)N(Cc1cccc([N+](=O)[O-])c1)c1ccc(O)cc1. The van der Waals surface area contributed by atoms with E-state index in [9.17, 15) is 20.0 Å². The number of amides is 2. The van der Waals surface area contributed by atoms with Crippen molar-refractivity contribution in [3.63, 3.8) is 0 Å². The van der Waals surface area contributed by atoms with Gasteiger partial charge in [0.25, 0.3) is 17.5 Å². The van der Waals surface area contributed by atoms with Crippen molar-refractivity contribution >= 4 is 23.2 Å². The van der Waals surface area contributed by atoms with Gasteiger partial charge in [0, 0.05) is 73.5 Å². The molecule has 4 aliphatic rings. The lowest BCUT2D eigenvalue weighted by molar-refractivity contribution is -0.384. The summed E-state index contributed by atoms with van der Waals surface area (Å²) in [5, 5.41) is 21.8. The van der Waals surface area contributed by atoms with Gasteiger partial charge in [-0.15, -0.1) is 0 Å². The number of nitrogens with zero attached hydrogens (tertiary/aromatic N) is 5. The number of nitro benzene ring substituents is 1. The lowest BCUT2D eigenvalue weighted by atomic mass is 9.92. The maximum absolute atomic E-state index is 15.2. The average molecular weight is 770 g/mol. The van der Waals surface area contributed by atoms with Gasteiger partial charge in [-0.05, 0) is 84.8 Å². The van der Waals surface area contributed by atoms with Gasteiger partial charge in [-0.25, -0.2) is 0 Å². The molecule has 0 spiro atoms. The summed E-state index contributed by atoms with van der Waals surface area (Å²) in [6.45, 7) is 4.89. The van der Waals surface area contributed by atoms with E-state index in [2.05, 4.69) is 27.7 Å². The predicted molar refractivity (Wildman–Crippen MR) is 212 cm³/mol. The molecule has 1 atom stereocenters. The molecular weight excluding hydrogens is 727 g/mol. The fourth-order valence-electron chi connectivity index (χ4n) is 8.65. The molecule has 4 aromatic carbocycles. The minimum absolute atomic E-state index is 0.0401. The normalized spacial score (nSPS) is 17.5. The summed E-state index contributed by atoms with van der Waals surface area (Å²) < 4.78 is 19.5. The number of hydrogen-bond acceptors (Lipinski definition) is 9. The van der Waals surface area contributed by atoms with E-state index in [1.165, 1.54) is 29.8 Å². The van der Waals surface area contributed by atoms with Crippen LogP contribution >= 0.6 is 0 Å². The highest BCUT2D eigenvalue weighted by atomic mass is 16.7. The molecule has 57 heavy (non-hydrogen) atoms. The number of fused-ring (bicyclic) bond motifs is 3. The highest BCUT2D eigenvalue weighted by molar-refractivity contribution is 6.09. The van der Waals surface area contributed by atoms with Crippen molar-refractivity contribution in [1.82, 2.24) is 14.4 Å². The van der Waals surface area contributed by atoms with E-state index < -0.39 is 4.92 Å². The minimum Gasteiger partial charge on any atom is -0.508 e. The zero-order valence-corrected chi connectivity index (χ0v) is 31.5. The summed E-state index contributed by atoms with van der Waals surface area (Å²) in [7, 11) is 0. The van der Waals surface area contributed by atoms with E-state index >= 15 is 4.79 Å². The summed E-state index contributed by atoms with van der Waals surface area (Å²) in [6.07, 6.45) is 3.17. The minimum atomic E-state index is -0.454. The highest BCUT2D eigenvalue weighted by Crippen LogP contribution is 2.42. The average Bonchev–Trinajstić information content (AvgIpc) is 3.87. The molecular formula is C44H43N5O8. The van der Waals surface area contributed by atoms with E-state index in [0.717, 1.165) is 55.8 Å². The number of phenolic OH excluding ortho intramolecular Hbond substituents is 1. The third kappa shape index (κ3) is 7.20. The molecule has 1 fully saturated rings. The molecule has 5 aromatic rings. The van der Waals surface area contributed by atoms with E-state index in [1.54, 1.807) is 35.2 Å². The highest BCUT2D eigenvalue weighted by Gasteiger charge is 2.36. The van der Waals surface area contributed by atoms with Crippen LogP contribution in [0.5, 0.6) is 17.2 Å². The number of anilines is 1. The van der Waals surface area contributed by atoms with E-state index in [4.69, 9.17) is 14.2 Å². The van der Waals surface area contributed by atoms with Gasteiger partial charge in [0.2, 0.25) is 6.79 Å². The molecule has 1 aromatic heterocycles. The van der Waals surface area contributed by atoms with Crippen molar-refractivity contribution in [3.05, 3.63) is 135 Å². The van der Waals surface area contributed by atoms with Crippen molar-refractivity contribution in [2.45, 2.75) is 51.4 Å². The first-order valence-electron chi connectivity index (χ1n) is 19.5. The van der Waals surface area contributed by atoms with Crippen LogP contribution in [0.1, 0.15) is 55.9 Å². The van der Waals surface area contributed by atoms with Crippen molar-refractivity contribution in [2.75, 3.05) is 44.5 Å². The van der Waals surface area contributed by atoms with Crippen molar-refractivity contribution in [3.8, 4) is 28.5 Å². The standard InChI is InChI=1S/C44H43N5O8/c50-35-13-11-32(12-14-35)47(25-29-6-5-9-33(20-29)49(53)54)44(52)38-22-40(46-15-4-3-10-39(38)46)36-23-41-42(57-28-56-41)24-37(36)43(51)48-26-31-8-2-1-7-30(31)21-34(48)27-45-16-18-55-19-17-45/h1-2,5-9,11-14,20,22-24,34,50H,3-4,10,15-19,21,25-28H2/t34-/m0/s1.